The van der Waals surface area contributed by atoms with Crippen LogP contribution in [0.5, 0.6) is 0 Å². The van der Waals surface area contributed by atoms with Crippen LogP contribution in [0.3, 0.4) is 0 Å². The lowest BCUT2D eigenvalue weighted by Gasteiger charge is -2.24. The second kappa shape index (κ2) is 7.55. The number of nitrogens with one attached hydrogen (secondary N) is 1. The van der Waals surface area contributed by atoms with E-state index in [1.54, 1.807) is 12.1 Å². The number of hydrogen-bond acceptors (Lipinski definition) is 2. The third kappa shape index (κ3) is 3.82. The second-order valence-electron chi connectivity index (χ2n) is 5.70. The molecule has 0 aromatic heterocycles. The van der Waals surface area contributed by atoms with Crippen molar-refractivity contribution >= 4 is 5.91 Å². The van der Waals surface area contributed by atoms with Crippen molar-refractivity contribution in [1.29, 1.82) is 0 Å². The molecule has 116 valence electrons. The van der Waals surface area contributed by atoms with Crippen molar-refractivity contribution in [2.75, 3.05) is 6.54 Å². The maximum absolute atomic E-state index is 13.1. The van der Waals surface area contributed by atoms with Crippen molar-refractivity contribution in [2.45, 2.75) is 58.2 Å². The number of carbonyl (C=O) groups is 1. The van der Waals surface area contributed by atoms with Gasteiger partial charge in [0.25, 0.3) is 0 Å². The van der Waals surface area contributed by atoms with Gasteiger partial charge in [0, 0.05) is 6.54 Å². The van der Waals surface area contributed by atoms with Gasteiger partial charge in [-0.1, -0.05) is 45.2 Å². The molecule has 1 aromatic carbocycles. The van der Waals surface area contributed by atoms with Crippen molar-refractivity contribution in [1.82, 2.24) is 10.2 Å². The summed E-state index contributed by atoms with van der Waals surface area (Å²) in [6.07, 6.45) is 4.93. The van der Waals surface area contributed by atoms with Crippen LogP contribution in [-0.4, -0.2) is 23.4 Å². The fourth-order valence-corrected chi connectivity index (χ4v) is 2.78. The molecule has 1 aliphatic rings. The number of benzene rings is 1. The van der Waals surface area contributed by atoms with E-state index >= 15 is 0 Å². The predicted molar refractivity (Wildman–Crippen MR) is 82.2 cm³/mol. The topological polar surface area (TPSA) is 32.3 Å². The van der Waals surface area contributed by atoms with E-state index in [0.717, 1.165) is 44.2 Å². The number of halogens is 1. The third-order valence-corrected chi connectivity index (χ3v) is 4.04. The molecule has 1 heterocycles. The molecule has 0 saturated carbocycles. The molecule has 0 spiro atoms. The SMILES string of the molecule is CCCCC1NC(c2ccc(F)cc2)N(CCCC)C1=O. The van der Waals surface area contributed by atoms with E-state index in [2.05, 4.69) is 19.2 Å². The molecular weight excluding hydrogens is 267 g/mol. The molecule has 21 heavy (non-hydrogen) atoms. The second-order valence-corrected chi connectivity index (χ2v) is 5.70. The van der Waals surface area contributed by atoms with Crippen LogP contribution in [0.1, 0.15) is 57.7 Å². The minimum Gasteiger partial charge on any atom is -0.322 e. The average Bonchev–Trinajstić information content (AvgIpc) is 2.80. The molecule has 1 amide bonds. The molecular formula is C17H25FN2O. The number of rotatable bonds is 7. The van der Waals surface area contributed by atoms with Gasteiger partial charge in [-0.3, -0.25) is 10.1 Å². The van der Waals surface area contributed by atoms with Crippen LogP contribution in [0.25, 0.3) is 0 Å². The Kier molecular flexibility index (Phi) is 5.74. The number of hydrogen-bond donors (Lipinski definition) is 1. The molecule has 4 heteroatoms. The third-order valence-electron chi connectivity index (χ3n) is 4.04. The number of nitrogens with zero attached hydrogens (tertiary/aromatic N) is 1. The molecule has 1 aromatic rings. The smallest absolute Gasteiger partial charge is 0.241 e. The zero-order valence-corrected chi connectivity index (χ0v) is 12.9. The van der Waals surface area contributed by atoms with E-state index in [0.29, 0.717) is 0 Å². The Hall–Kier alpha value is -1.42. The van der Waals surface area contributed by atoms with Crippen molar-refractivity contribution in [3.8, 4) is 0 Å². The lowest BCUT2D eigenvalue weighted by Crippen LogP contribution is -2.32. The molecule has 1 N–H and O–H groups in total. The van der Waals surface area contributed by atoms with Crippen molar-refractivity contribution < 1.29 is 9.18 Å². The fraction of sp³-hybridized carbons (Fsp3) is 0.588. The highest BCUT2D eigenvalue weighted by molar-refractivity contribution is 5.84. The normalized spacial score (nSPS) is 22.0. The fourth-order valence-electron chi connectivity index (χ4n) is 2.78. The molecule has 0 radical (unpaired) electrons. The van der Waals surface area contributed by atoms with Gasteiger partial charge in [-0.25, -0.2) is 4.39 Å². The Bertz CT molecular complexity index is 460. The zero-order chi connectivity index (χ0) is 15.2. The van der Waals surface area contributed by atoms with E-state index in [-0.39, 0.29) is 23.9 Å². The molecule has 2 atom stereocenters. The molecule has 2 rings (SSSR count). The highest BCUT2D eigenvalue weighted by atomic mass is 19.1. The summed E-state index contributed by atoms with van der Waals surface area (Å²) >= 11 is 0. The molecule has 2 unspecified atom stereocenters. The van der Waals surface area contributed by atoms with Crippen LogP contribution in [0.4, 0.5) is 4.39 Å². The van der Waals surface area contributed by atoms with Crippen molar-refractivity contribution in [3.63, 3.8) is 0 Å². The van der Waals surface area contributed by atoms with Crippen LogP contribution in [0.15, 0.2) is 24.3 Å². The molecule has 0 aliphatic carbocycles. The van der Waals surface area contributed by atoms with Crippen molar-refractivity contribution in [3.05, 3.63) is 35.6 Å². The molecule has 1 fully saturated rings. The molecule has 3 nitrogen and oxygen atoms in total. The Morgan fingerprint density at radius 3 is 2.43 bits per heavy atom. The van der Waals surface area contributed by atoms with Crippen LogP contribution in [-0.2, 0) is 4.79 Å². The van der Waals surface area contributed by atoms with Crippen LogP contribution in [0, 0.1) is 5.82 Å². The van der Waals surface area contributed by atoms with Crippen LogP contribution in [0.2, 0.25) is 0 Å². The maximum atomic E-state index is 13.1. The lowest BCUT2D eigenvalue weighted by atomic mass is 10.1. The first-order valence-corrected chi connectivity index (χ1v) is 7.99. The Balaban J connectivity index is 2.15. The minimum atomic E-state index is -0.245. The quantitative estimate of drug-likeness (QED) is 0.832. The van der Waals surface area contributed by atoms with E-state index < -0.39 is 0 Å². The first-order chi connectivity index (χ1) is 10.2. The summed E-state index contributed by atoms with van der Waals surface area (Å²) in [5, 5.41) is 3.42. The summed E-state index contributed by atoms with van der Waals surface area (Å²) in [4.78, 5) is 14.5. The summed E-state index contributed by atoms with van der Waals surface area (Å²) in [6.45, 7) is 5.01. The lowest BCUT2D eigenvalue weighted by molar-refractivity contribution is -0.130. The van der Waals surface area contributed by atoms with E-state index in [4.69, 9.17) is 0 Å². The van der Waals surface area contributed by atoms with Gasteiger partial charge in [0.15, 0.2) is 0 Å². The van der Waals surface area contributed by atoms with Gasteiger partial charge in [0.1, 0.15) is 12.0 Å². The highest BCUT2D eigenvalue weighted by Crippen LogP contribution is 2.27. The molecule has 1 aliphatic heterocycles. The van der Waals surface area contributed by atoms with E-state index in [1.165, 1.54) is 12.1 Å². The monoisotopic (exact) mass is 292 g/mol. The first kappa shape index (κ1) is 16.0. The summed E-state index contributed by atoms with van der Waals surface area (Å²) < 4.78 is 13.1. The highest BCUT2D eigenvalue weighted by Gasteiger charge is 2.38. The van der Waals surface area contributed by atoms with Gasteiger partial charge < -0.3 is 4.90 Å². The minimum absolute atomic E-state index is 0.100. The number of carbonyl (C=O) groups excluding carboxylic acids is 1. The van der Waals surface area contributed by atoms with Gasteiger partial charge >= 0.3 is 0 Å². The van der Waals surface area contributed by atoms with E-state index in [9.17, 15) is 9.18 Å². The zero-order valence-electron chi connectivity index (χ0n) is 12.9. The summed E-state index contributed by atoms with van der Waals surface area (Å²) in [5.41, 5.74) is 0.958. The van der Waals surface area contributed by atoms with Crippen LogP contribution < -0.4 is 5.32 Å². The Morgan fingerprint density at radius 2 is 1.81 bits per heavy atom. The predicted octanol–water partition coefficient (Wildman–Crippen LogP) is 3.62. The Labute approximate surface area is 126 Å². The van der Waals surface area contributed by atoms with Gasteiger partial charge in [-0.2, -0.15) is 0 Å². The standard InChI is InChI=1S/C17H25FN2O/c1-3-5-7-15-17(21)20(12-6-4-2)16(19-15)13-8-10-14(18)11-9-13/h8-11,15-16,19H,3-7,12H2,1-2H3. The van der Waals surface area contributed by atoms with Crippen molar-refractivity contribution in [2.24, 2.45) is 0 Å². The summed E-state index contributed by atoms with van der Waals surface area (Å²) in [7, 11) is 0. The van der Waals surface area contributed by atoms with Gasteiger partial charge in [-0.05, 0) is 30.5 Å². The molecule has 1 saturated heterocycles. The van der Waals surface area contributed by atoms with Gasteiger partial charge in [0.05, 0.1) is 6.04 Å². The summed E-state index contributed by atoms with van der Waals surface area (Å²) in [6, 6.07) is 6.34. The van der Waals surface area contributed by atoms with Crippen LogP contribution >= 0.6 is 0 Å². The van der Waals surface area contributed by atoms with Gasteiger partial charge in [0.2, 0.25) is 5.91 Å². The largest absolute Gasteiger partial charge is 0.322 e. The van der Waals surface area contributed by atoms with E-state index in [1.807, 2.05) is 4.90 Å². The maximum Gasteiger partial charge on any atom is 0.241 e. The number of amides is 1. The van der Waals surface area contributed by atoms with Gasteiger partial charge in [-0.15, -0.1) is 0 Å². The average molecular weight is 292 g/mol. The number of unbranched alkanes of at least 4 members (excludes halogenated alkanes) is 2. The molecule has 0 bridgehead atoms. The Morgan fingerprint density at radius 1 is 1.14 bits per heavy atom. The first-order valence-electron chi connectivity index (χ1n) is 7.99. The summed E-state index contributed by atoms with van der Waals surface area (Å²) in [5.74, 6) is -0.0584.